The highest BCUT2D eigenvalue weighted by atomic mass is 16.2. The van der Waals surface area contributed by atoms with Gasteiger partial charge >= 0.3 is 0 Å². The molecule has 0 spiro atoms. The lowest BCUT2D eigenvalue weighted by Gasteiger charge is -2.38. The van der Waals surface area contributed by atoms with Crippen molar-refractivity contribution in [2.45, 2.75) is 70.2 Å². The molecule has 0 N–H and O–H groups in total. The van der Waals surface area contributed by atoms with Crippen LogP contribution in [0.4, 0.5) is 0 Å². The van der Waals surface area contributed by atoms with Gasteiger partial charge < -0.3 is 9.80 Å². The molecule has 1 aromatic carbocycles. The fourth-order valence-electron chi connectivity index (χ4n) is 5.98. The second-order valence-corrected chi connectivity index (χ2v) is 9.78. The van der Waals surface area contributed by atoms with Crippen molar-refractivity contribution in [3.05, 3.63) is 35.4 Å². The number of carbonyl (C=O) groups excluding carboxylic acids is 2. The van der Waals surface area contributed by atoms with E-state index < -0.39 is 0 Å². The molecule has 1 saturated carbocycles. The number of nitriles is 1. The quantitative estimate of drug-likeness (QED) is 0.754. The predicted molar refractivity (Wildman–Crippen MR) is 112 cm³/mol. The topological polar surface area (TPSA) is 67.7 Å². The third-order valence-electron chi connectivity index (χ3n) is 7.73. The molecule has 0 aromatic heterocycles. The average molecular weight is 407 g/mol. The molecule has 2 bridgehead atoms. The molecule has 5 rings (SSSR count). The third kappa shape index (κ3) is 3.02. The van der Waals surface area contributed by atoms with Gasteiger partial charge in [-0.15, -0.1) is 0 Å². The molecule has 2 unspecified atom stereocenters. The van der Waals surface area contributed by atoms with Gasteiger partial charge in [-0.25, -0.2) is 0 Å². The number of nitrogens with zero attached hydrogens (tertiary/aromatic N) is 4. The van der Waals surface area contributed by atoms with E-state index in [1.54, 1.807) is 0 Å². The molecule has 1 aliphatic carbocycles. The van der Waals surface area contributed by atoms with Crippen molar-refractivity contribution >= 4 is 11.8 Å². The molecule has 0 radical (unpaired) electrons. The van der Waals surface area contributed by atoms with Crippen LogP contribution in [0.15, 0.2) is 24.3 Å². The van der Waals surface area contributed by atoms with E-state index in [4.69, 9.17) is 0 Å². The number of fused-ring (bicyclic) bond motifs is 3. The van der Waals surface area contributed by atoms with E-state index in [9.17, 15) is 14.9 Å². The number of piperidine rings is 1. The summed E-state index contributed by atoms with van der Waals surface area (Å²) in [5.41, 5.74) is 2.39. The monoisotopic (exact) mass is 406 g/mol. The van der Waals surface area contributed by atoms with Crippen LogP contribution in [0.3, 0.4) is 0 Å². The number of piperazine rings is 1. The molecule has 7 atom stereocenters. The number of benzene rings is 1. The Morgan fingerprint density at radius 1 is 1.20 bits per heavy atom. The minimum atomic E-state index is -0.258. The molecular formula is C24H30N4O2. The van der Waals surface area contributed by atoms with E-state index in [2.05, 4.69) is 54.0 Å². The van der Waals surface area contributed by atoms with E-state index in [0.29, 0.717) is 12.5 Å². The highest BCUT2D eigenvalue weighted by Gasteiger charge is 2.55. The first-order chi connectivity index (χ1) is 14.4. The zero-order valence-corrected chi connectivity index (χ0v) is 18.0. The minimum Gasteiger partial charge on any atom is -0.330 e. The number of hydrogen-bond donors (Lipinski definition) is 0. The summed E-state index contributed by atoms with van der Waals surface area (Å²) in [5, 5.41) is 9.40. The molecule has 2 amide bonds. The summed E-state index contributed by atoms with van der Waals surface area (Å²) in [6.45, 7) is 7.57. The van der Waals surface area contributed by atoms with Crippen molar-refractivity contribution in [2.75, 3.05) is 13.1 Å². The summed E-state index contributed by atoms with van der Waals surface area (Å²) in [4.78, 5) is 32.3. The fraction of sp³-hybridized carbons (Fsp3) is 0.625. The number of amides is 2. The van der Waals surface area contributed by atoms with E-state index >= 15 is 0 Å². The molecule has 30 heavy (non-hydrogen) atoms. The molecule has 3 saturated heterocycles. The Morgan fingerprint density at radius 3 is 2.60 bits per heavy atom. The van der Waals surface area contributed by atoms with Crippen molar-refractivity contribution in [3.8, 4) is 6.07 Å². The minimum absolute atomic E-state index is 0.0714. The van der Waals surface area contributed by atoms with Crippen LogP contribution >= 0.6 is 0 Å². The van der Waals surface area contributed by atoms with Crippen molar-refractivity contribution in [2.24, 2.45) is 11.8 Å². The first-order valence-electron chi connectivity index (χ1n) is 11.2. The van der Waals surface area contributed by atoms with Crippen molar-refractivity contribution < 1.29 is 9.59 Å². The maximum absolute atomic E-state index is 13.2. The SMILES string of the molecule is Cc1ccc([C@@H](C)N2C(=O)[C@@H]3CC2CN3C[C@H](C)C(=O)N2C3C[C@H]3C[C@H]2C#N)cc1. The van der Waals surface area contributed by atoms with Gasteiger partial charge in [0, 0.05) is 31.1 Å². The lowest BCUT2D eigenvalue weighted by molar-refractivity contribution is -0.142. The highest BCUT2D eigenvalue weighted by molar-refractivity contribution is 5.86. The normalized spacial score (nSPS) is 34.1. The van der Waals surface area contributed by atoms with Crippen LogP contribution in [0.1, 0.15) is 50.3 Å². The van der Waals surface area contributed by atoms with Crippen LogP contribution in [0.5, 0.6) is 0 Å². The Balaban J connectivity index is 1.23. The number of likely N-dealkylation sites (tertiary alicyclic amines) is 3. The van der Waals surface area contributed by atoms with Crippen LogP contribution in [0.25, 0.3) is 0 Å². The predicted octanol–water partition coefficient (Wildman–Crippen LogP) is 2.49. The number of aryl methyl sites for hydroxylation is 1. The second-order valence-electron chi connectivity index (χ2n) is 9.78. The highest BCUT2D eigenvalue weighted by Crippen LogP contribution is 2.48. The van der Waals surface area contributed by atoms with Crippen LogP contribution in [-0.2, 0) is 9.59 Å². The van der Waals surface area contributed by atoms with Crippen molar-refractivity contribution in [1.29, 1.82) is 5.26 Å². The zero-order valence-electron chi connectivity index (χ0n) is 18.0. The van der Waals surface area contributed by atoms with Crippen LogP contribution in [0, 0.1) is 30.1 Å². The molecule has 6 nitrogen and oxygen atoms in total. The molecule has 158 valence electrons. The lowest BCUT2D eigenvalue weighted by atomic mass is 10.0. The van der Waals surface area contributed by atoms with Crippen molar-refractivity contribution in [3.63, 3.8) is 0 Å². The van der Waals surface area contributed by atoms with Gasteiger partial charge in [-0.05, 0) is 44.6 Å². The Morgan fingerprint density at radius 2 is 1.93 bits per heavy atom. The summed E-state index contributed by atoms with van der Waals surface area (Å²) < 4.78 is 0. The molecule has 4 fully saturated rings. The Bertz CT molecular complexity index is 907. The number of hydrogen-bond acceptors (Lipinski definition) is 4. The molecule has 6 heteroatoms. The van der Waals surface area contributed by atoms with E-state index in [0.717, 1.165) is 25.8 Å². The van der Waals surface area contributed by atoms with E-state index in [1.807, 2.05) is 11.8 Å². The van der Waals surface area contributed by atoms with Gasteiger partial charge in [-0.2, -0.15) is 5.26 Å². The summed E-state index contributed by atoms with van der Waals surface area (Å²) >= 11 is 0. The molecule has 3 aliphatic heterocycles. The summed E-state index contributed by atoms with van der Waals surface area (Å²) in [7, 11) is 0. The summed E-state index contributed by atoms with van der Waals surface area (Å²) in [6.07, 6.45) is 2.74. The van der Waals surface area contributed by atoms with Gasteiger partial charge in [0.25, 0.3) is 0 Å². The summed E-state index contributed by atoms with van der Waals surface area (Å²) in [5.74, 6) is 0.631. The maximum atomic E-state index is 13.2. The maximum Gasteiger partial charge on any atom is 0.240 e. The standard InChI is InChI=1S/C24H30N4O2/c1-14-4-6-17(7-5-14)16(3)27-20-10-22(24(27)30)26(13-20)12-15(2)23(29)28-19(11-25)8-18-9-21(18)28/h4-7,15-16,18-22H,8-10,12-13H2,1-3H3/t15-,16+,18+,19-,20?,21?,22-/m0/s1. The largest absolute Gasteiger partial charge is 0.330 e. The summed E-state index contributed by atoms with van der Waals surface area (Å²) in [6, 6.07) is 10.9. The fourth-order valence-corrected chi connectivity index (χ4v) is 5.98. The van der Waals surface area contributed by atoms with Crippen LogP contribution in [-0.4, -0.2) is 63.8 Å². The Kier molecular flexibility index (Phi) is 4.62. The van der Waals surface area contributed by atoms with E-state index in [-0.39, 0.29) is 47.9 Å². The van der Waals surface area contributed by atoms with Gasteiger partial charge in [-0.1, -0.05) is 36.8 Å². The van der Waals surface area contributed by atoms with Gasteiger partial charge in [-0.3, -0.25) is 14.5 Å². The molecule has 3 heterocycles. The van der Waals surface area contributed by atoms with E-state index in [1.165, 1.54) is 11.1 Å². The first kappa shape index (κ1) is 19.6. The van der Waals surface area contributed by atoms with Crippen molar-refractivity contribution in [1.82, 2.24) is 14.7 Å². The first-order valence-corrected chi connectivity index (χ1v) is 11.2. The third-order valence-corrected chi connectivity index (χ3v) is 7.73. The molecule has 4 aliphatic rings. The average Bonchev–Trinajstić information content (AvgIpc) is 3.07. The van der Waals surface area contributed by atoms with Gasteiger partial charge in [0.05, 0.1) is 18.2 Å². The Hall–Kier alpha value is -2.39. The smallest absolute Gasteiger partial charge is 0.240 e. The Labute approximate surface area is 178 Å². The number of rotatable bonds is 5. The van der Waals surface area contributed by atoms with Crippen LogP contribution in [0.2, 0.25) is 0 Å². The van der Waals surface area contributed by atoms with Crippen LogP contribution < -0.4 is 0 Å². The molecule has 1 aromatic rings. The second kappa shape index (κ2) is 7.09. The zero-order chi connectivity index (χ0) is 21.2. The lowest BCUT2D eigenvalue weighted by Crippen LogP contribution is -2.53. The van der Waals surface area contributed by atoms with Gasteiger partial charge in [0.15, 0.2) is 0 Å². The molecular weight excluding hydrogens is 376 g/mol. The van der Waals surface area contributed by atoms with Gasteiger partial charge in [0.2, 0.25) is 11.8 Å². The van der Waals surface area contributed by atoms with Gasteiger partial charge in [0.1, 0.15) is 6.04 Å². The number of carbonyl (C=O) groups is 2.